The highest BCUT2D eigenvalue weighted by Crippen LogP contribution is 2.20. The summed E-state index contributed by atoms with van der Waals surface area (Å²) in [6.07, 6.45) is 1.46. The van der Waals surface area contributed by atoms with Gasteiger partial charge in [0, 0.05) is 0 Å². The first kappa shape index (κ1) is 8.76. The Morgan fingerprint density at radius 3 is 2.86 bits per heavy atom. The Labute approximate surface area is 83.4 Å². The van der Waals surface area contributed by atoms with Crippen molar-refractivity contribution in [2.75, 3.05) is 0 Å². The van der Waals surface area contributed by atoms with E-state index in [4.69, 9.17) is 21.7 Å². The molecule has 0 aliphatic rings. The minimum absolute atomic E-state index is 0.00458. The lowest BCUT2D eigenvalue weighted by atomic mass is 10.2. The van der Waals surface area contributed by atoms with Crippen LogP contribution in [0.2, 0.25) is 0 Å². The number of hydrogen-bond donors (Lipinski definition) is 3. The van der Waals surface area contributed by atoms with Crippen LogP contribution in [-0.2, 0) is 0 Å². The molecule has 0 saturated carbocycles. The Morgan fingerprint density at radius 2 is 2.29 bits per heavy atom. The van der Waals surface area contributed by atoms with Crippen LogP contribution in [-0.4, -0.2) is 21.0 Å². The van der Waals surface area contributed by atoms with Crippen molar-refractivity contribution in [2.45, 2.75) is 0 Å². The third kappa shape index (κ3) is 1.35. The van der Waals surface area contributed by atoms with Gasteiger partial charge in [-0.3, -0.25) is 0 Å². The molecule has 0 saturated heterocycles. The first-order valence-corrected chi connectivity index (χ1v) is 4.19. The van der Waals surface area contributed by atoms with E-state index in [2.05, 4.69) is 9.97 Å². The first-order valence-electron chi connectivity index (χ1n) is 3.78. The van der Waals surface area contributed by atoms with Crippen LogP contribution in [0.4, 0.5) is 0 Å². The van der Waals surface area contributed by atoms with Crippen molar-refractivity contribution < 1.29 is 14.3 Å². The van der Waals surface area contributed by atoms with E-state index in [0.717, 1.165) is 0 Å². The van der Waals surface area contributed by atoms with Gasteiger partial charge in [0.25, 0.3) is 0 Å². The third-order valence-corrected chi connectivity index (χ3v) is 1.91. The lowest BCUT2D eigenvalue weighted by Crippen LogP contribution is -1.98. The molecule has 0 atom stereocenters. The van der Waals surface area contributed by atoms with Crippen molar-refractivity contribution in [1.29, 1.82) is 0 Å². The van der Waals surface area contributed by atoms with E-state index in [9.17, 15) is 4.79 Å². The summed E-state index contributed by atoms with van der Waals surface area (Å²) in [6, 6.07) is 3.33. The molecule has 3 N–H and O–H groups in total. The standard InChI is InChI=1S/C8H6N2O3S/c11-7(12)6-5(9-8(14)10-6)4-2-1-3-13-4/h1-3H,(H,11,12)(H2,9,10,14). The zero-order valence-corrected chi connectivity index (χ0v) is 7.72. The fourth-order valence-electron chi connectivity index (χ4n) is 1.15. The van der Waals surface area contributed by atoms with Crippen LogP contribution >= 0.6 is 12.2 Å². The maximum atomic E-state index is 10.8. The summed E-state index contributed by atoms with van der Waals surface area (Å²) in [5, 5.41) is 8.84. The molecule has 14 heavy (non-hydrogen) atoms. The summed E-state index contributed by atoms with van der Waals surface area (Å²) in [5.74, 6) is -0.640. The molecule has 0 spiro atoms. The minimum atomic E-state index is -1.08. The molecule has 5 nitrogen and oxygen atoms in total. The molecule has 0 aliphatic heterocycles. The Kier molecular flexibility index (Phi) is 1.97. The van der Waals surface area contributed by atoms with Crippen molar-refractivity contribution in [2.24, 2.45) is 0 Å². The monoisotopic (exact) mass is 210 g/mol. The van der Waals surface area contributed by atoms with E-state index in [1.165, 1.54) is 6.26 Å². The number of aromatic nitrogens is 2. The van der Waals surface area contributed by atoms with Gasteiger partial charge in [0.05, 0.1) is 6.26 Å². The van der Waals surface area contributed by atoms with Crippen molar-refractivity contribution in [3.05, 3.63) is 28.9 Å². The summed E-state index contributed by atoms with van der Waals surface area (Å²) in [5.41, 5.74) is 0.359. The van der Waals surface area contributed by atoms with Gasteiger partial charge in [-0.15, -0.1) is 0 Å². The predicted molar refractivity (Wildman–Crippen MR) is 50.6 cm³/mol. The summed E-state index contributed by atoms with van der Waals surface area (Å²) in [4.78, 5) is 16.0. The highest BCUT2D eigenvalue weighted by molar-refractivity contribution is 7.71. The van der Waals surface area contributed by atoms with Crippen LogP contribution in [0.15, 0.2) is 22.8 Å². The molecule has 0 amide bonds. The van der Waals surface area contributed by atoms with E-state index in [1.807, 2.05) is 0 Å². The number of H-pyrrole nitrogens is 2. The Bertz CT molecular complexity index is 509. The SMILES string of the molecule is O=C(O)c1[nH]c(=S)[nH]c1-c1ccco1. The molecule has 0 aliphatic carbocycles. The molecule has 6 heteroatoms. The quantitative estimate of drug-likeness (QED) is 0.662. The van der Waals surface area contributed by atoms with Crippen molar-refractivity contribution in [3.63, 3.8) is 0 Å². The molecular weight excluding hydrogens is 204 g/mol. The van der Waals surface area contributed by atoms with Gasteiger partial charge in [-0.1, -0.05) is 0 Å². The van der Waals surface area contributed by atoms with Crippen LogP contribution in [0.3, 0.4) is 0 Å². The number of aromatic amines is 2. The largest absolute Gasteiger partial charge is 0.477 e. The molecule has 0 fully saturated rings. The smallest absolute Gasteiger partial charge is 0.354 e. The van der Waals surface area contributed by atoms with E-state index >= 15 is 0 Å². The molecule has 2 heterocycles. The number of carboxylic acid groups (broad SMARTS) is 1. The van der Waals surface area contributed by atoms with Crippen molar-refractivity contribution >= 4 is 18.2 Å². The fourth-order valence-corrected chi connectivity index (χ4v) is 1.35. The van der Waals surface area contributed by atoms with Gasteiger partial charge in [0.1, 0.15) is 5.69 Å². The average molecular weight is 210 g/mol. The first-order chi connectivity index (χ1) is 6.68. The normalized spacial score (nSPS) is 10.3. The molecule has 0 unspecified atom stereocenters. The minimum Gasteiger partial charge on any atom is -0.477 e. The summed E-state index contributed by atoms with van der Waals surface area (Å²) in [6.45, 7) is 0. The number of carboxylic acids is 1. The van der Waals surface area contributed by atoms with Gasteiger partial charge in [0.2, 0.25) is 0 Å². The Morgan fingerprint density at radius 1 is 1.50 bits per heavy atom. The topological polar surface area (TPSA) is 82.0 Å². The maximum absolute atomic E-state index is 10.8. The molecule has 2 aromatic heterocycles. The molecule has 0 bridgehead atoms. The van der Waals surface area contributed by atoms with Crippen LogP contribution in [0, 0.1) is 4.77 Å². The van der Waals surface area contributed by atoms with Gasteiger partial charge in [0.15, 0.2) is 16.2 Å². The van der Waals surface area contributed by atoms with Crippen molar-refractivity contribution in [3.8, 4) is 11.5 Å². The third-order valence-electron chi connectivity index (χ3n) is 1.71. The molecule has 2 aromatic rings. The van der Waals surface area contributed by atoms with E-state index in [0.29, 0.717) is 11.5 Å². The maximum Gasteiger partial charge on any atom is 0.354 e. The van der Waals surface area contributed by atoms with Crippen LogP contribution in [0.25, 0.3) is 11.5 Å². The van der Waals surface area contributed by atoms with Crippen LogP contribution in [0.1, 0.15) is 10.5 Å². The number of rotatable bonds is 2. The van der Waals surface area contributed by atoms with E-state index in [1.54, 1.807) is 12.1 Å². The number of furan rings is 1. The zero-order valence-electron chi connectivity index (χ0n) is 6.90. The van der Waals surface area contributed by atoms with Gasteiger partial charge in [-0.2, -0.15) is 0 Å². The fraction of sp³-hybridized carbons (Fsp3) is 0. The second kappa shape index (κ2) is 3.15. The summed E-state index contributed by atoms with van der Waals surface area (Å²) < 4.78 is 5.32. The van der Waals surface area contributed by atoms with Crippen LogP contribution in [0.5, 0.6) is 0 Å². The number of carbonyl (C=O) groups is 1. The van der Waals surface area contributed by atoms with Gasteiger partial charge < -0.3 is 19.5 Å². The van der Waals surface area contributed by atoms with E-state index < -0.39 is 5.97 Å². The number of nitrogens with one attached hydrogen (secondary N) is 2. The van der Waals surface area contributed by atoms with Gasteiger partial charge in [-0.25, -0.2) is 4.79 Å². The molecular formula is C8H6N2O3S. The lowest BCUT2D eigenvalue weighted by molar-refractivity contribution is 0.0691. The van der Waals surface area contributed by atoms with Gasteiger partial charge in [-0.05, 0) is 24.4 Å². The lowest BCUT2D eigenvalue weighted by Gasteiger charge is -1.93. The van der Waals surface area contributed by atoms with Crippen molar-refractivity contribution in [1.82, 2.24) is 9.97 Å². The molecule has 0 radical (unpaired) electrons. The zero-order chi connectivity index (χ0) is 10.1. The second-order valence-electron chi connectivity index (χ2n) is 2.61. The Balaban J connectivity index is 2.63. The Hall–Kier alpha value is -1.82. The second-order valence-corrected chi connectivity index (χ2v) is 3.02. The number of hydrogen-bond acceptors (Lipinski definition) is 3. The molecule has 2 rings (SSSR count). The summed E-state index contributed by atoms with van der Waals surface area (Å²) in [7, 11) is 0. The van der Waals surface area contributed by atoms with E-state index in [-0.39, 0.29) is 10.5 Å². The average Bonchev–Trinajstić information content (AvgIpc) is 2.70. The number of aromatic carboxylic acids is 1. The molecule has 0 aromatic carbocycles. The summed E-state index contributed by atoms with van der Waals surface area (Å²) >= 11 is 4.80. The molecule has 72 valence electrons. The van der Waals surface area contributed by atoms with Gasteiger partial charge >= 0.3 is 5.97 Å². The highest BCUT2D eigenvalue weighted by atomic mass is 32.1. The predicted octanol–water partition coefficient (Wildman–Crippen LogP) is 2.03. The number of imidazole rings is 1. The van der Waals surface area contributed by atoms with Crippen LogP contribution < -0.4 is 0 Å². The highest BCUT2D eigenvalue weighted by Gasteiger charge is 2.16.